The van der Waals surface area contributed by atoms with Crippen molar-refractivity contribution in [2.45, 2.75) is 25.3 Å². The third-order valence-corrected chi connectivity index (χ3v) is 4.34. The molecule has 0 aliphatic carbocycles. The first kappa shape index (κ1) is 12.5. The molecule has 0 aromatic carbocycles. The van der Waals surface area contributed by atoms with Gasteiger partial charge in [0, 0.05) is 30.9 Å². The molecule has 1 aromatic heterocycles. The van der Waals surface area contributed by atoms with E-state index in [4.69, 9.17) is 0 Å². The molecule has 1 aliphatic heterocycles. The first-order chi connectivity index (χ1) is 8.16. The van der Waals surface area contributed by atoms with Crippen molar-refractivity contribution >= 4 is 10.0 Å². The quantitative estimate of drug-likeness (QED) is 0.649. The average Bonchev–Trinajstić information content (AvgIpc) is 2.89. The Morgan fingerprint density at radius 3 is 3.06 bits per heavy atom. The van der Waals surface area contributed by atoms with Gasteiger partial charge in [-0.15, -0.1) is 0 Å². The van der Waals surface area contributed by atoms with E-state index in [1.54, 1.807) is 12.5 Å². The van der Waals surface area contributed by atoms with Gasteiger partial charge in [0.2, 0.25) is 10.0 Å². The fourth-order valence-corrected chi connectivity index (χ4v) is 3.33. The summed E-state index contributed by atoms with van der Waals surface area (Å²) < 4.78 is 26.1. The van der Waals surface area contributed by atoms with Crippen molar-refractivity contribution in [1.82, 2.24) is 20.0 Å². The van der Waals surface area contributed by atoms with Gasteiger partial charge < -0.3 is 10.3 Å². The Morgan fingerprint density at radius 2 is 2.41 bits per heavy atom. The zero-order valence-corrected chi connectivity index (χ0v) is 10.5. The summed E-state index contributed by atoms with van der Waals surface area (Å²) in [6.07, 6.45) is 5.94. The third-order valence-electron chi connectivity index (χ3n) is 2.85. The van der Waals surface area contributed by atoms with Crippen molar-refractivity contribution in [2.75, 3.05) is 18.8 Å². The van der Waals surface area contributed by atoms with E-state index in [0.717, 1.165) is 25.1 Å². The molecular formula is C10H18N4O2S. The van der Waals surface area contributed by atoms with Crippen molar-refractivity contribution in [3.63, 3.8) is 0 Å². The van der Waals surface area contributed by atoms with Crippen molar-refractivity contribution in [3.8, 4) is 0 Å². The molecule has 7 heteroatoms. The van der Waals surface area contributed by atoms with Crippen molar-refractivity contribution < 1.29 is 8.42 Å². The van der Waals surface area contributed by atoms with Gasteiger partial charge in [-0.05, 0) is 19.4 Å². The van der Waals surface area contributed by atoms with Crippen LogP contribution in [0.15, 0.2) is 12.5 Å². The number of hydrogen-bond donors (Lipinski definition) is 3. The number of rotatable bonds is 6. The Balaban J connectivity index is 1.73. The second-order valence-corrected chi connectivity index (χ2v) is 6.15. The maximum absolute atomic E-state index is 11.7. The number of aromatic amines is 1. The topological polar surface area (TPSA) is 86.9 Å². The van der Waals surface area contributed by atoms with Gasteiger partial charge in [-0.2, -0.15) is 0 Å². The molecule has 3 N–H and O–H groups in total. The monoisotopic (exact) mass is 258 g/mol. The molecule has 2 heterocycles. The second-order valence-electron chi connectivity index (χ2n) is 4.30. The molecule has 0 saturated carbocycles. The molecule has 1 saturated heterocycles. The lowest BCUT2D eigenvalue weighted by Gasteiger charge is -2.11. The highest BCUT2D eigenvalue weighted by atomic mass is 32.2. The molecule has 0 spiro atoms. The summed E-state index contributed by atoms with van der Waals surface area (Å²) in [5, 5.41) is 3.18. The summed E-state index contributed by atoms with van der Waals surface area (Å²) in [6, 6.07) is 0.111. The molecule has 1 aromatic rings. The summed E-state index contributed by atoms with van der Waals surface area (Å²) in [5.74, 6) is 0.177. The number of imidazole rings is 1. The van der Waals surface area contributed by atoms with Crippen LogP contribution in [0.3, 0.4) is 0 Å². The number of nitrogens with one attached hydrogen (secondary N) is 3. The van der Waals surface area contributed by atoms with Crippen LogP contribution in [-0.4, -0.2) is 43.3 Å². The van der Waals surface area contributed by atoms with Crippen LogP contribution in [0.5, 0.6) is 0 Å². The fraction of sp³-hybridized carbons (Fsp3) is 0.700. The molecule has 1 fully saturated rings. The van der Waals surface area contributed by atoms with Crippen LogP contribution in [0.2, 0.25) is 0 Å². The van der Waals surface area contributed by atoms with E-state index in [-0.39, 0.29) is 11.8 Å². The van der Waals surface area contributed by atoms with E-state index in [9.17, 15) is 8.42 Å². The summed E-state index contributed by atoms with van der Waals surface area (Å²) in [5.41, 5.74) is 0.937. The number of hydrogen-bond acceptors (Lipinski definition) is 4. The van der Waals surface area contributed by atoms with E-state index in [1.807, 2.05) is 0 Å². The molecule has 0 bridgehead atoms. The van der Waals surface area contributed by atoms with Crippen LogP contribution in [0.25, 0.3) is 0 Å². The molecule has 1 aliphatic rings. The molecule has 6 nitrogen and oxygen atoms in total. The molecule has 17 heavy (non-hydrogen) atoms. The normalized spacial score (nSPS) is 20.8. The van der Waals surface area contributed by atoms with E-state index in [1.165, 1.54) is 0 Å². The Morgan fingerprint density at radius 1 is 1.53 bits per heavy atom. The van der Waals surface area contributed by atoms with Crippen LogP contribution in [-0.2, 0) is 16.4 Å². The van der Waals surface area contributed by atoms with E-state index >= 15 is 0 Å². The Labute approximate surface area is 101 Å². The number of aromatic nitrogens is 2. The number of H-pyrrole nitrogens is 1. The summed E-state index contributed by atoms with van der Waals surface area (Å²) >= 11 is 0. The second kappa shape index (κ2) is 5.61. The van der Waals surface area contributed by atoms with Gasteiger partial charge in [-0.25, -0.2) is 18.1 Å². The SMILES string of the molecule is O=S(=O)(CC1CCCN1)NCCc1cnc[nH]1. The minimum absolute atomic E-state index is 0.111. The lowest BCUT2D eigenvalue weighted by molar-refractivity contribution is 0.563. The molecule has 96 valence electrons. The van der Waals surface area contributed by atoms with Gasteiger partial charge in [0.15, 0.2) is 0 Å². The smallest absolute Gasteiger partial charge is 0.213 e. The third kappa shape index (κ3) is 4.10. The summed E-state index contributed by atoms with van der Waals surface area (Å²) in [6.45, 7) is 1.34. The van der Waals surface area contributed by atoms with Gasteiger partial charge in [0.05, 0.1) is 12.1 Å². The molecule has 1 atom stereocenters. The van der Waals surface area contributed by atoms with Crippen LogP contribution >= 0.6 is 0 Å². The highest BCUT2D eigenvalue weighted by Gasteiger charge is 2.21. The first-order valence-corrected chi connectivity index (χ1v) is 7.49. The molecular weight excluding hydrogens is 240 g/mol. The first-order valence-electron chi connectivity index (χ1n) is 5.84. The molecule has 1 unspecified atom stereocenters. The fourth-order valence-electron chi connectivity index (χ4n) is 1.99. The predicted molar refractivity (Wildman–Crippen MR) is 65.1 cm³/mol. The standard InChI is InChI=1S/C10H18N4O2S/c15-17(16,7-10-2-1-4-12-10)14-5-3-9-6-11-8-13-9/h6,8,10,12,14H,1-5,7H2,(H,11,13). The average molecular weight is 258 g/mol. The Bertz CT molecular complexity index is 423. The number of sulfonamides is 1. The minimum atomic E-state index is -3.17. The molecule has 0 radical (unpaired) electrons. The summed E-state index contributed by atoms with van der Waals surface area (Å²) in [7, 11) is -3.17. The van der Waals surface area contributed by atoms with Crippen molar-refractivity contribution in [1.29, 1.82) is 0 Å². The lowest BCUT2D eigenvalue weighted by Crippen LogP contribution is -2.37. The highest BCUT2D eigenvalue weighted by Crippen LogP contribution is 2.06. The van der Waals surface area contributed by atoms with Crippen LogP contribution in [0, 0.1) is 0 Å². The van der Waals surface area contributed by atoms with Gasteiger partial charge in [-0.1, -0.05) is 0 Å². The Hall–Kier alpha value is -0.920. The van der Waals surface area contributed by atoms with Crippen LogP contribution in [0.4, 0.5) is 0 Å². The predicted octanol–water partition coefficient (Wildman–Crippen LogP) is -0.376. The van der Waals surface area contributed by atoms with Crippen molar-refractivity contribution in [3.05, 3.63) is 18.2 Å². The largest absolute Gasteiger partial charge is 0.348 e. The minimum Gasteiger partial charge on any atom is -0.348 e. The highest BCUT2D eigenvalue weighted by molar-refractivity contribution is 7.89. The molecule has 0 amide bonds. The zero-order chi connectivity index (χ0) is 12.1. The van der Waals surface area contributed by atoms with Gasteiger partial charge in [0.1, 0.15) is 0 Å². The van der Waals surface area contributed by atoms with E-state index in [2.05, 4.69) is 20.0 Å². The van der Waals surface area contributed by atoms with Gasteiger partial charge >= 0.3 is 0 Å². The number of nitrogens with zero attached hydrogens (tertiary/aromatic N) is 1. The summed E-state index contributed by atoms with van der Waals surface area (Å²) in [4.78, 5) is 6.82. The maximum atomic E-state index is 11.7. The molecule has 2 rings (SSSR count). The maximum Gasteiger partial charge on any atom is 0.213 e. The van der Waals surface area contributed by atoms with Gasteiger partial charge in [-0.3, -0.25) is 0 Å². The van der Waals surface area contributed by atoms with Crippen molar-refractivity contribution in [2.24, 2.45) is 0 Å². The Kier molecular flexibility index (Phi) is 4.14. The van der Waals surface area contributed by atoms with E-state index < -0.39 is 10.0 Å². The van der Waals surface area contributed by atoms with E-state index in [0.29, 0.717) is 13.0 Å². The lowest BCUT2D eigenvalue weighted by atomic mass is 10.3. The van der Waals surface area contributed by atoms with Gasteiger partial charge in [0.25, 0.3) is 0 Å². The van der Waals surface area contributed by atoms with Crippen LogP contribution < -0.4 is 10.0 Å². The zero-order valence-electron chi connectivity index (χ0n) is 9.65. The van der Waals surface area contributed by atoms with Crippen LogP contribution in [0.1, 0.15) is 18.5 Å².